The van der Waals surface area contributed by atoms with E-state index in [1.54, 1.807) is 30.5 Å². The first-order valence-corrected chi connectivity index (χ1v) is 11.7. The second-order valence-corrected chi connectivity index (χ2v) is 9.02. The summed E-state index contributed by atoms with van der Waals surface area (Å²) in [6, 6.07) is 24.2. The number of benzene rings is 3. The highest BCUT2D eigenvalue weighted by molar-refractivity contribution is 5.94. The largest absolute Gasteiger partial charge is 0.508 e. The van der Waals surface area contributed by atoms with E-state index in [1.807, 2.05) is 59.5 Å². The zero-order chi connectivity index (χ0) is 24.2. The van der Waals surface area contributed by atoms with Crippen molar-refractivity contribution in [3.63, 3.8) is 0 Å². The molecule has 0 aliphatic carbocycles. The molecule has 0 atom stereocenters. The number of carbonyl (C=O) groups excluding carboxylic acids is 1. The average Bonchev–Trinajstić information content (AvgIpc) is 3.38. The summed E-state index contributed by atoms with van der Waals surface area (Å²) in [5.74, 6) is 1.36. The van der Waals surface area contributed by atoms with E-state index >= 15 is 0 Å². The van der Waals surface area contributed by atoms with Gasteiger partial charge in [-0.3, -0.25) is 9.69 Å². The standard InChI is InChI=1S/C29H28N2O4/c32-26-10-5-22(6-11-26)18-30(20-28-2-1-15-35-28)17-21-3-7-24(8-4-21)29(34)31-14-13-23-9-12-27(33)16-25(23)19-31/h1-12,15-16,32-33H,13-14,17-20H2. The van der Waals surface area contributed by atoms with Crippen LogP contribution in [0.4, 0.5) is 0 Å². The van der Waals surface area contributed by atoms with Crippen molar-refractivity contribution >= 4 is 5.91 Å². The smallest absolute Gasteiger partial charge is 0.254 e. The molecule has 0 fully saturated rings. The second kappa shape index (κ2) is 10.1. The fraction of sp³-hybridized carbons (Fsp3) is 0.207. The molecule has 2 N–H and O–H groups in total. The van der Waals surface area contributed by atoms with Crippen LogP contribution in [0.5, 0.6) is 11.5 Å². The lowest BCUT2D eigenvalue weighted by Gasteiger charge is -2.29. The number of amides is 1. The zero-order valence-electron chi connectivity index (χ0n) is 19.4. The molecule has 0 radical (unpaired) electrons. The molecule has 0 unspecified atom stereocenters. The number of furan rings is 1. The van der Waals surface area contributed by atoms with E-state index in [-0.39, 0.29) is 17.4 Å². The van der Waals surface area contributed by atoms with Gasteiger partial charge in [-0.2, -0.15) is 0 Å². The maximum absolute atomic E-state index is 13.1. The Morgan fingerprint density at radius 1 is 0.829 bits per heavy atom. The molecule has 6 heteroatoms. The molecule has 1 amide bonds. The minimum Gasteiger partial charge on any atom is -0.508 e. The first-order chi connectivity index (χ1) is 17.0. The summed E-state index contributed by atoms with van der Waals surface area (Å²) in [7, 11) is 0. The summed E-state index contributed by atoms with van der Waals surface area (Å²) in [4.78, 5) is 17.2. The van der Waals surface area contributed by atoms with Crippen molar-refractivity contribution in [2.45, 2.75) is 32.6 Å². The molecule has 6 nitrogen and oxygen atoms in total. The van der Waals surface area contributed by atoms with Crippen LogP contribution in [0.1, 0.15) is 38.4 Å². The maximum atomic E-state index is 13.1. The van der Waals surface area contributed by atoms with Gasteiger partial charge >= 0.3 is 0 Å². The molecule has 178 valence electrons. The molecule has 35 heavy (non-hydrogen) atoms. The van der Waals surface area contributed by atoms with Crippen LogP contribution in [0.15, 0.2) is 89.5 Å². The monoisotopic (exact) mass is 468 g/mol. The fourth-order valence-electron chi connectivity index (χ4n) is 4.56. The Kier molecular flexibility index (Phi) is 6.55. The van der Waals surface area contributed by atoms with Gasteiger partial charge in [-0.15, -0.1) is 0 Å². The summed E-state index contributed by atoms with van der Waals surface area (Å²) in [5, 5.41) is 19.4. The van der Waals surface area contributed by atoms with Gasteiger partial charge in [0.05, 0.1) is 12.8 Å². The van der Waals surface area contributed by atoms with Gasteiger partial charge < -0.3 is 19.5 Å². The van der Waals surface area contributed by atoms with E-state index in [4.69, 9.17) is 4.42 Å². The van der Waals surface area contributed by atoms with Crippen molar-refractivity contribution in [2.24, 2.45) is 0 Å². The molecule has 0 bridgehead atoms. The van der Waals surface area contributed by atoms with Gasteiger partial charge in [0.2, 0.25) is 0 Å². The maximum Gasteiger partial charge on any atom is 0.254 e. The lowest BCUT2D eigenvalue weighted by atomic mass is 9.98. The third-order valence-electron chi connectivity index (χ3n) is 6.40. The highest BCUT2D eigenvalue weighted by atomic mass is 16.3. The molecule has 2 heterocycles. The van der Waals surface area contributed by atoms with Gasteiger partial charge in [-0.1, -0.05) is 30.3 Å². The average molecular weight is 469 g/mol. The molecule has 3 aromatic carbocycles. The van der Waals surface area contributed by atoms with E-state index < -0.39 is 0 Å². The number of nitrogens with zero attached hydrogens (tertiary/aromatic N) is 2. The fourth-order valence-corrected chi connectivity index (χ4v) is 4.56. The third kappa shape index (κ3) is 5.55. The molecule has 1 aliphatic rings. The Labute approximate surface area is 204 Å². The number of phenolic OH excluding ortho intramolecular Hbond substituents is 2. The number of carbonyl (C=O) groups is 1. The Balaban J connectivity index is 1.27. The van der Waals surface area contributed by atoms with Crippen molar-refractivity contribution in [3.8, 4) is 11.5 Å². The Hall–Kier alpha value is -4.03. The minimum absolute atomic E-state index is 0.00192. The lowest BCUT2D eigenvalue weighted by molar-refractivity contribution is 0.0734. The number of fused-ring (bicyclic) bond motifs is 1. The predicted octanol–water partition coefficient (Wildman–Crippen LogP) is 5.09. The number of aromatic hydroxyl groups is 2. The van der Waals surface area contributed by atoms with Crippen LogP contribution in [-0.2, 0) is 32.6 Å². The third-order valence-corrected chi connectivity index (χ3v) is 6.40. The van der Waals surface area contributed by atoms with Crippen LogP contribution in [0.2, 0.25) is 0 Å². The van der Waals surface area contributed by atoms with Gasteiger partial charge in [0.1, 0.15) is 17.3 Å². The predicted molar refractivity (Wildman–Crippen MR) is 133 cm³/mol. The van der Waals surface area contributed by atoms with Gasteiger partial charge in [0, 0.05) is 31.7 Å². The molecule has 4 aromatic rings. The summed E-state index contributed by atoms with van der Waals surface area (Å²) >= 11 is 0. The Morgan fingerprint density at radius 2 is 1.51 bits per heavy atom. The van der Waals surface area contributed by atoms with Gasteiger partial charge in [-0.05, 0) is 77.2 Å². The molecule has 1 aliphatic heterocycles. The van der Waals surface area contributed by atoms with Crippen LogP contribution in [0.25, 0.3) is 0 Å². The number of hydrogen-bond acceptors (Lipinski definition) is 5. The first kappa shape index (κ1) is 22.7. The van der Waals surface area contributed by atoms with Crippen LogP contribution >= 0.6 is 0 Å². The van der Waals surface area contributed by atoms with Crippen LogP contribution < -0.4 is 0 Å². The SMILES string of the molecule is O=C(c1ccc(CN(Cc2ccc(O)cc2)Cc2ccco2)cc1)N1CCc2ccc(O)cc2C1. The molecule has 0 spiro atoms. The van der Waals surface area contributed by atoms with E-state index in [1.165, 1.54) is 5.56 Å². The van der Waals surface area contributed by atoms with E-state index in [2.05, 4.69) is 4.90 Å². The number of phenols is 2. The molecular formula is C29H28N2O4. The summed E-state index contributed by atoms with van der Waals surface area (Å²) < 4.78 is 5.56. The molecule has 1 aromatic heterocycles. The van der Waals surface area contributed by atoms with Crippen molar-refractivity contribution in [2.75, 3.05) is 6.54 Å². The van der Waals surface area contributed by atoms with Crippen molar-refractivity contribution in [1.82, 2.24) is 9.80 Å². The van der Waals surface area contributed by atoms with Gasteiger partial charge in [-0.25, -0.2) is 0 Å². The van der Waals surface area contributed by atoms with Crippen LogP contribution in [0, 0.1) is 0 Å². The van der Waals surface area contributed by atoms with Crippen molar-refractivity contribution in [3.05, 3.63) is 119 Å². The van der Waals surface area contributed by atoms with Crippen molar-refractivity contribution in [1.29, 1.82) is 0 Å². The number of hydrogen-bond donors (Lipinski definition) is 2. The first-order valence-electron chi connectivity index (χ1n) is 11.7. The van der Waals surface area contributed by atoms with Gasteiger partial charge in [0.25, 0.3) is 5.91 Å². The van der Waals surface area contributed by atoms with E-state index in [0.29, 0.717) is 38.3 Å². The van der Waals surface area contributed by atoms with Gasteiger partial charge in [0.15, 0.2) is 0 Å². The zero-order valence-corrected chi connectivity index (χ0v) is 19.4. The Bertz CT molecular complexity index is 1280. The van der Waals surface area contributed by atoms with E-state index in [0.717, 1.165) is 28.9 Å². The number of rotatable bonds is 7. The quantitative estimate of drug-likeness (QED) is 0.395. The van der Waals surface area contributed by atoms with Crippen LogP contribution in [0.3, 0.4) is 0 Å². The molecular weight excluding hydrogens is 440 g/mol. The Morgan fingerprint density at radius 3 is 2.20 bits per heavy atom. The van der Waals surface area contributed by atoms with Crippen LogP contribution in [-0.4, -0.2) is 32.5 Å². The molecule has 0 saturated carbocycles. The minimum atomic E-state index is 0.00192. The topological polar surface area (TPSA) is 77.2 Å². The summed E-state index contributed by atoms with van der Waals surface area (Å²) in [5.41, 5.74) is 5.04. The highest BCUT2D eigenvalue weighted by Gasteiger charge is 2.22. The normalized spacial score (nSPS) is 13.1. The highest BCUT2D eigenvalue weighted by Crippen LogP contribution is 2.24. The lowest BCUT2D eigenvalue weighted by Crippen LogP contribution is -2.35. The second-order valence-electron chi connectivity index (χ2n) is 9.02. The van der Waals surface area contributed by atoms with Crippen molar-refractivity contribution < 1.29 is 19.4 Å². The molecule has 0 saturated heterocycles. The van der Waals surface area contributed by atoms with E-state index in [9.17, 15) is 15.0 Å². The summed E-state index contributed by atoms with van der Waals surface area (Å²) in [6.07, 6.45) is 2.47. The summed E-state index contributed by atoms with van der Waals surface area (Å²) in [6.45, 7) is 3.21. The molecule has 5 rings (SSSR count).